The van der Waals surface area contributed by atoms with Crippen LogP contribution in [0.2, 0.25) is 5.02 Å². The fourth-order valence-corrected chi connectivity index (χ4v) is 3.70. The van der Waals surface area contributed by atoms with Crippen molar-refractivity contribution in [1.82, 2.24) is 14.9 Å². The zero-order chi connectivity index (χ0) is 19.6. The molecule has 1 amide bonds. The van der Waals surface area contributed by atoms with Crippen molar-refractivity contribution in [2.24, 2.45) is 0 Å². The van der Waals surface area contributed by atoms with Gasteiger partial charge in [-0.25, -0.2) is 4.68 Å². The molecule has 0 aliphatic carbocycles. The van der Waals surface area contributed by atoms with Crippen molar-refractivity contribution in [3.63, 3.8) is 0 Å². The molecule has 3 N–H and O–H groups in total. The molecule has 0 spiro atoms. The Morgan fingerprint density at radius 2 is 1.89 bits per heavy atom. The van der Waals surface area contributed by atoms with E-state index in [4.69, 9.17) is 17.4 Å². The molecule has 0 saturated heterocycles. The molecule has 0 atom stereocenters. The number of amides is 1. The van der Waals surface area contributed by atoms with Crippen molar-refractivity contribution in [3.05, 3.63) is 57.0 Å². The average molecular weight is 467 g/mol. The summed E-state index contributed by atoms with van der Waals surface area (Å²) in [4.78, 5) is 12.3. The van der Waals surface area contributed by atoms with Crippen molar-refractivity contribution in [1.29, 1.82) is 0 Å². The molecule has 0 aliphatic heterocycles. The van der Waals surface area contributed by atoms with Crippen molar-refractivity contribution in [2.75, 3.05) is 16.9 Å². The van der Waals surface area contributed by atoms with Crippen LogP contribution in [-0.2, 0) is 4.79 Å². The lowest BCUT2D eigenvalue weighted by molar-refractivity contribution is -0.113. The van der Waals surface area contributed by atoms with E-state index in [0.717, 1.165) is 26.9 Å². The Kier molecular flexibility index (Phi) is 6.08. The number of anilines is 1. The van der Waals surface area contributed by atoms with E-state index >= 15 is 0 Å². The van der Waals surface area contributed by atoms with E-state index in [9.17, 15) is 4.79 Å². The lowest BCUT2D eigenvalue weighted by atomic mass is 10.1. The number of hydrogen-bond donors (Lipinski definition) is 2. The van der Waals surface area contributed by atoms with Gasteiger partial charge in [0.25, 0.3) is 0 Å². The second-order valence-corrected chi connectivity index (χ2v) is 8.17. The highest BCUT2D eigenvalue weighted by molar-refractivity contribution is 9.10. The van der Waals surface area contributed by atoms with Gasteiger partial charge in [-0.3, -0.25) is 4.79 Å². The van der Waals surface area contributed by atoms with Crippen LogP contribution in [0.15, 0.2) is 46.0 Å². The summed E-state index contributed by atoms with van der Waals surface area (Å²) < 4.78 is 2.21. The summed E-state index contributed by atoms with van der Waals surface area (Å²) in [7, 11) is 0. The molecule has 6 nitrogen and oxygen atoms in total. The fraction of sp³-hybridized carbons (Fsp3) is 0.167. The number of benzene rings is 2. The molecule has 27 heavy (non-hydrogen) atoms. The molecule has 1 aromatic heterocycles. The van der Waals surface area contributed by atoms with Crippen LogP contribution in [0.1, 0.15) is 11.1 Å². The zero-order valence-electron chi connectivity index (χ0n) is 14.7. The van der Waals surface area contributed by atoms with Gasteiger partial charge in [0, 0.05) is 15.1 Å². The molecule has 0 fully saturated rings. The van der Waals surface area contributed by atoms with Gasteiger partial charge in [0.15, 0.2) is 5.82 Å². The predicted octanol–water partition coefficient (Wildman–Crippen LogP) is 4.42. The Balaban J connectivity index is 1.66. The SMILES string of the molecule is Cc1cc(Br)c(NC(=O)CSc2nnc(-c3ccc(Cl)cc3)n2N)cc1C. The van der Waals surface area contributed by atoms with E-state index < -0.39 is 0 Å². The Labute approximate surface area is 174 Å². The van der Waals surface area contributed by atoms with E-state index in [1.165, 1.54) is 16.4 Å². The summed E-state index contributed by atoms with van der Waals surface area (Å²) in [5.41, 5.74) is 3.79. The first-order chi connectivity index (χ1) is 12.8. The van der Waals surface area contributed by atoms with E-state index in [-0.39, 0.29) is 11.7 Å². The number of rotatable bonds is 5. The van der Waals surface area contributed by atoms with Crippen molar-refractivity contribution >= 4 is 50.9 Å². The number of hydrogen-bond acceptors (Lipinski definition) is 5. The lowest BCUT2D eigenvalue weighted by Crippen LogP contribution is -2.16. The Morgan fingerprint density at radius 1 is 1.22 bits per heavy atom. The average Bonchev–Trinajstić information content (AvgIpc) is 2.99. The van der Waals surface area contributed by atoms with E-state index in [1.54, 1.807) is 12.1 Å². The number of nitrogens with zero attached hydrogens (tertiary/aromatic N) is 3. The summed E-state index contributed by atoms with van der Waals surface area (Å²) in [6.07, 6.45) is 0. The minimum absolute atomic E-state index is 0.153. The Bertz CT molecular complexity index is 990. The van der Waals surface area contributed by atoms with Crippen molar-refractivity contribution in [3.8, 4) is 11.4 Å². The number of nitrogen functional groups attached to an aromatic ring is 1. The third-order valence-electron chi connectivity index (χ3n) is 3.96. The standard InChI is InChI=1S/C18H17BrClN5OS/c1-10-7-14(19)15(8-11(10)2)22-16(26)9-27-18-24-23-17(25(18)21)12-3-5-13(20)6-4-12/h3-8H,9,21H2,1-2H3,(H,22,26). The largest absolute Gasteiger partial charge is 0.335 e. The molecule has 2 aromatic carbocycles. The van der Waals surface area contributed by atoms with Gasteiger partial charge in [-0.2, -0.15) is 0 Å². The summed E-state index contributed by atoms with van der Waals surface area (Å²) in [5, 5.41) is 12.1. The minimum Gasteiger partial charge on any atom is -0.335 e. The maximum atomic E-state index is 12.3. The van der Waals surface area contributed by atoms with Crippen LogP contribution < -0.4 is 11.2 Å². The Hall–Kier alpha value is -2.03. The highest BCUT2D eigenvalue weighted by atomic mass is 79.9. The first-order valence-corrected chi connectivity index (χ1v) is 10.2. The van der Waals surface area contributed by atoms with Gasteiger partial charge >= 0.3 is 0 Å². The molecular weight excluding hydrogens is 450 g/mol. The van der Waals surface area contributed by atoms with Gasteiger partial charge in [0.05, 0.1) is 11.4 Å². The van der Waals surface area contributed by atoms with Gasteiger partial charge in [-0.15, -0.1) is 10.2 Å². The van der Waals surface area contributed by atoms with Crippen LogP contribution in [0, 0.1) is 13.8 Å². The first-order valence-electron chi connectivity index (χ1n) is 8.01. The number of thioether (sulfide) groups is 1. The topological polar surface area (TPSA) is 85.8 Å². The van der Waals surface area contributed by atoms with Crippen molar-refractivity contribution < 1.29 is 4.79 Å². The molecule has 1 heterocycles. The first kappa shape index (κ1) is 19.7. The molecule has 0 bridgehead atoms. The zero-order valence-corrected chi connectivity index (χ0v) is 17.8. The molecule has 9 heteroatoms. The third-order valence-corrected chi connectivity index (χ3v) is 5.81. The van der Waals surface area contributed by atoms with E-state index in [0.29, 0.717) is 16.0 Å². The fourth-order valence-electron chi connectivity index (χ4n) is 2.36. The second kappa shape index (κ2) is 8.33. The summed E-state index contributed by atoms with van der Waals surface area (Å²) in [5.74, 6) is 6.59. The quantitative estimate of drug-likeness (QED) is 0.429. The smallest absolute Gasteiger partial charge is 0.234 e. The molecular formula is C18H17BrClN5OS. The molecule has 3 aromatic rings. The molecule has 0 aliphatic rings. The Morgan fingerprint density at radius 3 is 2.59 bits per heavy atom. The molecule has 0 saturated carbocycles. The number of nitrogens with one attached hydrogen (secondary N) is 1. The van der Waals surface area contributed by atoms with Crippen LogP contribution >= 0.6 is 39.3 Å². The van der Waals surface area contributed by atoms with Gasteiger partial charge < -0.3 is 11.2 Å². The van der Waals surface area contributed by atoms with Crippen LogP contribution in [0.4, 0.5) is 5.69 Å². The number of carbonyl (C=O) groups is 1. The van der Waals surface area contributed by atoms with Crippen LogP contribution in [0.3, 0.4) is 0 Å². The summed E-state index contributed by atoms with van der Waals surface area (Å²) in [6, 6.07) is 11.1. The second-order valence-electron chi connectivity index (χ2n) is 5.94. The predicted molar refractivity (Wildman–Crippen MR) is 114 cm³/mol. The monoisotopic (exact) mass is 465 g/mol. The van der Waals surface area contributed by atoms with Gasteiger partial charge in [0.1, 0.15) is 0 Å². The van der Waals surface area contributed by atoms with Crippen LogP contribution in [0.5, 0.6) is 0 Å². The van der Waals surface area contributed by atoms with Crippen LogP contribution in [0.25, 0.3) is 11.4 Å². The normalized spacial score (nSPS) is 10.8. The summed E-state index contributed by atoms with van der Waals surface area (Å²) in [6.45, 7) is 4.02. The maximum absolute atomic E-state index is 12.3. The van der Waals surface area contributed by atoms with Crippen LogP contribution in [-0.4, -0.2) is 26.5 Å². The number of aryl methyl sites for hydroxylation is 2. The third kappa shape index (κ3) is 4.63. The number of halogens is 2. The molecule has 0 radical (unpaired) electrons. The summed E-state index contributed by atoms with van der Waals surface area (Å²) >= 11 is 10.6. The molecule has 140 valence electrons. The maximum Gasteiger partial charge on any atom is 0.234 e. The highest BCUT2D eigenvalue weighted by Gasteiger charge is 2.14. The lowest BCUT2D eigenvalue weighted by Gasteiger charge is -2.10. The van der Waals surface area contributed by atoms with Crippen molar-refractivity contribution in [2.45, 2.75) is 19.0 Å². The van der Waals surface area contributed by atoms with E-state index in [1.807, 2.05) is 38.1 Å². The number of nitrogens with two attached hydrogens (primary N) is 1. The van der Waals surface area contributed by atoms with Gasteiger partial charge in [-0.1, -0.05) is 23.4 Å². The number of aromatic nitrogens is 3. The highest BCUT2D eigenvalue weighted by Crippen LogP contribution is 2.27. The van der Waals surface area contributed by atoms with E-state index in [2.05, 4.69) is 31.4 Å². The molecule has 3 rings (SSSR count). The number of carbonyl (C=O) groups excluding carboxylic acids is 1. The molecule has 0 unspecified atom stereocenters. The minimum atomic E-state index is -0.153. The van der Waals surface area contributed by atoms with Gasteiger partial charge in [0.2, 0.25) is 11.1 Å². The van der Waals surface area contributed by atoms with Gasteiger partial charge in [-0.05, 0) is 77.3 Å².